The van der Waals surface area contributed by atoms with Gasteiger partial charge in [-0.15, -0.1) is 0 Å². The Hall–Kier alpha value is -4.00. The number of rotatable bonds is 8. The Kier molecular flexibility index (Phi) is 9.87. The lowest BCUT2D eigenvalue weighted by Crippen LogP contribution is -2.72. The zero-order valence-corrected chi connectivity index (χ0v) is 35.6. The first-order chi connectivity index (χ1) is 27.2. The number of hydrogen-bond acceptors (Lipinski definition) is 11. The molecular formula is C46H60N2O10. The molecule has 2 unspecified atom stereocenters. The van der Waals surface area contributed by atoms with Crippen LogP contribution >= 0.6 is 0 Å². The van der Waals surface area contributed by atoms with Crippen LogP contribution in [0.4, 0.5) is 0 Å². The zero-order valence-electron chi connectivity index (χ0n) is 35.6. The van der Waals surface area contributed by atoms with Gasteiger partial charge in [-0.05, 0) is 93.9 Å². The molecule has 4 aliphatic carbocycles. The number of benzene rings is 1. The molecule has 1 aromatic carbocycles. The van der Waals surface area contributed by atoms with Crippen molar-refractivity contribution < 1.29 is 48.0 Å². The molecule has 2 N–H and O–H groups in total. The lowest BCUT2D eigenvalue weighted by atomic mass is 9.51. The molecule has 4 aliphatic heterocycles. The molecule has 12 nitrogen and oxygen atoms in total. The number of Topliss-reactive ketones (excluding diaryl/α,β-unsaturated/α-hetero) is 2. The molecule has 12 heteroatoms. The monoisotopic (exact) mass is 800 g/mol. The Morgan fingerprint density at radius 2 is 1.72 bits per heavy atom. The number of ether oxygens (including phenoxy) is 5. The largest absolute Gasteiger partial charge is 0.507 e. The molecule has 1 amide bonds. The number of hydrogen-bond donors (Lipinski definition) is 2. The van der Waals surface area contributed by atoms with Crippen LogP contribution in [0, 0.1) is 11.8 Å². The summed E-state index contributed by atoms with van der Waals surface area (Å²) in [7, 11) is 0. The van der Waals surface area contributed by atoms with Crippen LogP contribution in [-0.2, 0) is 35.0 Å². The molecule has 4 heterocycles. The number of morpholine rings is 1. The minimum Gasteiger partial charge on any atom is -0.507 e. The van der Waals surface area contributed by atoms with Crippen LogP contribution < -0.4 is 14.8 Å². The Morgan fingerprint density at radius 1 is 1.00 bits per heavy atom. The molecule has 0 aromatic heterocycles. The average Bonchev–Trinajstić information content (AvgIpc) is 3.30. The van der Waals surface area contributed by atoms with Crippen molar-refractivity contribution in [2.75, 3.05) is 39.4 Å². The highest BCUT2D eigenvalue weighted by atomic mass is 16.6. The number of phenols is 1. The highest BCUT2D eigenvalue weighted by Gasteiger charge is 2.81. The summed E-state index contributed by atoms with van der Waals surface area (Å²) >= 11 is 0. The molecule has 2 saturated heterocycles. The number of nitrogens with zero attached hydrogens (tertiary/aromatic N) is 1. The molecule has 4 fully saturated rings. The van der Waals surface area contributed by atoms with E-state index in [1.807, 2.05) is 48.5 Å². The van der Waals surface area contributed by atoms with Crippen LogP contribution in [0.2, 0.25) is 0 Å². The van der Waals surface area contributed by atoms with Crippen molar-refractivity contribution in [3.8, 4) is 17.2 Å². The van der Waals surface area contributed by atoms with E-state index in [0.29, 0.717) is 92.9 Å². The number of fused-ring (bicyclic) bond motifs is 3. The van der Waals surface area contributed by atoms with Gasteiger partial charge >= 0.3 is 5.97 Å². The summed E-state index contributed by atoms with van der Waals surface area (Å²) in [5.41, 5.74) is -1.16. The highest BCUT2D eigenvalue weighted by Crippen LogP contribution is 2.69. The molecule has 58 heavy (non-hydrogen) atoms. The van der Waals surface area contributed by atoms with Crippen LogP contribution in [0.3, 0.4) is 0 Å². The SMILES string of the molecule is CC(=O)OC1(C)CCC(=C(C)C)C(c2c(O)c3c(c4c2OC(C)(C)CC4)O[C@]24C(=C[C@@H]5C[C@H]2C(C)(C)O[C@@]4(C/C=C(/C)C(=O)NCCN2CCOCC2)C5=O)C3=O)C1. The summed E-state index contributed by atoms with van der Waals surface area (Å²) in [4.78, 5) is 58.1. The highest BCUT2D eigenvalue weighted by molar-refractivity contribution is 6.18. The van der Waals surface area contributed by atoms with Crippen LogP contribution in [0.1, 0.15) is 128 Å². The third-order valence-electron chi connectivity index (χ3n) is 14.2. The normalized spacial score (nSPS) is 33.3. The number of nitrogens with one attached hydrogen (secondary N) is 1. The number of allylic oxidation sites excluding steroid dienone is 3. The fraction of sp³-hybridized carbons (Fsp3) is 0.652. The van der Waals surface area contributed by atoms with Gasteiger partial charge in [-0.25, -0.2) is 0 Å². The topological polar surface area (TPSA) is 150 Å². The van der Waals surface area contributed by atoms with Gasteiger partial charge in [-0.2, -0.15) is 0 Å². The minimum atomic E-state index is -1.60. The molecule has 6 atom stereocenters. The van der Waals surface area contributed by atoms with E-state index in [1.54, 1.807) is 19.1 Å². The fourth-order valence-electron chi connectivity index (χ4n) is 11.4. The second-order valence-corrected chi connectivity index (χ2v) is 19.3. The summed E-state index contributed by atoms with van der Waals surface area (Å²) < 4.78 is 32.5. The van der Waals surface area contributed by atoms with Crippen molar-refractivity contribution in [2.24, 2.45) is 11.8 Å². The molecule has 4 bridgehead atoms. The summed E-state index contributed by atoms with van der Waals surface area (Å²) in [5, 5.41) is 15.7. The maximum Gasteiger partial charge on any atom is 0.303 e. The molecule has 1 aromatic rings. The molecule has 2 saturated carbocycles. The van der Waals surface area contributed by atoms with E-state index in [0.717, 1.165) is 24.2 Å². The third-order valence-corrected chi connectivity index (χ3v) is 14.2. The zero-order chi connectivity index (χ0) is 41.7. The van der Waals surface area contributed by atoms with Crippen LogP contribution in [0.15, 0.2) is 34.4 Å². The predicted molar refractivity (Wildman–Crippen MR) is 215 cm³/mol. The average molecular weight is 801 g/mol. The number of phenolic OH excluding ortho intramolecular Hbond substituents is 1. The first kappa shape index (κ1) is 40.8. The Balaban J connectivity index is 1.23. The fourth-order valence-corrected chi connectivity index (χ4v) is 11.4. The summed E-state index contributed by atoms with van der Waals surface area (Å²) in [5.74, 6) is -2.05. The van der Waals surface area contributed by atoms with Crippen molar-refractivity contribution in [2.45, 2.75) is 141 Å². The van der Waals surface area contributed by atoms with Gasteiger partial charge in [0.15, 0.2) is 22.8 Å². The first-order valence-electron chi connectivity index (χ1n) is 21.2. The van der Waals surface area contributed by atoms with Crippen molar-refractivity contribution >= 4 is 23.4 Å². The van der Waals surface area contributed by atoms with E-state index in [4.69, 9.17) is 23.7 Å². The molecular weight excluding hydrogens is 741 g/mol. The summed E-state index contributed by atoms with van der Waals surface area (Å²) in [6.45, 7) is 21.3. The molecule has 9 rings (SSSR count). The maximum absolute atomic E-state index is 15.4. The Labute approximate surface area is 341 Å². The second-order valence-electron chi connectivity index (χ2n) is 19.3. The van der Waals surface area contributed by atoms with Gasteiger partial charge in [0.2, 0.25) is 5.91 Å². The van der Waals surface area contributed by atoms with E-state index >= 15 is 4.79 Å². The summed E-state index contributed by atoms with van der Waals surface area (Å²) in [6, 6.07) is 0. The predicted octanol–water partition coefficient (Wildman–Crippen LogP) is 6.21. The van der Waals surface area contributed by atoms with Gasteiger partial charge in [-0.1, -0.05) is 23.3 Å². The number of amides is 1. The van der Waals surface area contributed by atoms with Crippen molar-refractivity contribution in [1.82, 2.24) is 10.2 Å². The first-order valence-corrected chi connectivity index (χ1v) is 21.2. The molecule has 0 radical (unpaired) electrons. The molecule has 1 spiro atoms. The second kappa shape index (κ2) is 14.0. The molecule has 314 valence electrons. The van der Waals surface area contributed by atoms with Gasteiger partial charge in [-0.3, -0.25) is 24.1 Å². The van der Waals surface area contributed by atoms with Gasteiger partial charge < -0.3 is 34.1 Å². The van der Waals surface area contributed by atoms with Crippen molar-refractivity contribution in [3.05, 3.63) is 51.1 Å². The number of carbonyl (C=O) groups is 4. The quantitative estimate of drug-likeness (QED) is 0.176. The van der Waals surface area contributed by atoms with Crippen LogP contribution in [0.25, 0.3) is 0 Å². The van der Waals surface area contributed by atoms with E-state index in [2.05, 4.69) is 10.2 Å². The number of esters is 1. The van der Waals surface area contributed by atoms with Crippen molar-refractivity contribution in [1.29, 1.82) is 0 Å². The van der Waals surface area contributed by atoms with Crippen LogP contribution in [0.5, 0.6) is 17.2 Å². The molecule has 8 aliphatic rings. The van der Waals surface area contributed by atoms with Gasteiger partial charge in [0, 0.05) is 79.6 Å². The van der Waals surface area contributed by atoms with E-state index in [9.17, 15) is 19.5 Å². The van der Waals surface area contributed by atoms with E-state index in [-0.39, 0.29) is 52.8 Å². The van der Waals surface area contributed by atoms with Crippen molar-refractivity contribution in [3.63, 3.8) is 0 Å². The van der Waals surface area contributed by atoms with Gasteiger partial charge in [0.05, 0.1) is 18.8 Å². The van der Waals surface area contributed by atoms with E-state index < -0.39 is 39.8 Å². The van der Waals surface area contributed by atoms with E-state index in [1.165, 1.54) is 6.92 Å². The maximum atomic E-state index is 15.4. The van der Waals surface area contributed by atoms with Gasteiger partial charge in [0.1, 0.15) is 34.0 Å². The summed E-state index contributed by atoms with van der Waals surface area (Å²) in [6.07, 6.45) is 6.76. The lowest BCUT2D eigenvalue weighted by molar-refractivity contribution is -0.171. The lowest BCUT2D eigenvalue weighted by Gasteiger charge is -2.56. The number of carbonyl (C=O) groups excluding carboxylic acids is 4. The number of ketones is 2. The number of aromatic hydroxyl groups is 1. The standard InChI is InChI=1S/C46H60N2O10/c1-25(2)29-12-14-44(9,55-27(4)49)24-31(29)34-37(51)35-36(50)32-22-28-23-33-43(7,8)58-45(40(28)52,15-10-26(3)41(53)47-16-17-48-18-20-54-21-19-48)46(32,33)57-39(35)30-11-13-42(5,6)56-38(30)34/h10,22,28,31,33,51H,11-21,23-24H2,1-9H3,(H,47,53)/b26-10-/t28-,31?,33+,44?,45+,46-/m1/s1. The Bertz CT molecular complexity index is 2070. The third kappa shape index (κ3) is 6.26. The minimum absolute atomic E-state index is 0.0292. The van der Waals surface area contributed by atoms with Gasteiger partial charge in [0.25, 0.3) is 0 Å². The Morgan fingerprint density at radius 3 is 2.41 bits per heavy atom. The van der Waals surface area contributed by atoms with Crippen LogP contribution in [-0.4, -0.2) is 101 Å². The smallest absolute Gasteiger partial charge is 0.303 e.